The summed E-state index contributed by atoms with van der Waals surface area (Å²) in [6.45, 7) is 4.60. The lowest BCUT2D eigenvalue weighted by Crippen LogP contribution is -2.33. The van der Waals surface area contributed by atoms with Gasteiger partial charge < -0.3 is 15.7 Å². The Labute approximate surface area is 131 Å². The van der Waals surface area contributed by atoms with Gasteiger partial charge in [-0.15, -0.1) is 0 Å². The predicted molar refractivity (Wildman–Crippen MR) is 87.4 cm³/mol. The first-order valence-electron chi connectivity index (χ1n) is 7.27. The second-order valence-electron chi connectivity index (χ2n) is 5.89. The first kappa shape index (κ1) is 17.9. The molecule has 5 heteroatoms. The summed E-state index contributed by atoms with van der Waals surface area (Å²) in [6, 6.07) is 6.98. The van der Waals surface area contributed by atoms with Crippen LogP contribution in [0.15, 0.2) is 30.3 Å². The second kappa shape index (κ2) is 8.34. The number of carbonyl (C=O) groups excluding carboxylic acids is 2. The van der Waals surface area contributed by atoms with Gasteiger partial charge in [-0.25, -0.2) is 0 Å². The van der Waals surface area contributed by atoms with Gasteiger partial charge in [-0.1, -0.05) is 26.0 Å². The van der Waals surface area contributed by atoms with Crippen molar-refractivity contribution in [3.05, 3.63) is 41.5 Å². The van der Waals surface area contributed by atoms with Crippen LogP contribution in [0.4, 0.5) is 0 Å². The molecule has 0 fully saturated rings. The molecule has 0 aromatic heterocycles. The molecular weight excluding hydrogens is 280 g/mol. The molecule has 1 aromatic carbocycles. The van der Waals surface area contributed by atoms with E-state index in [0.717, 1.165) is 5.56 Å². The maximum atomic E-state index is 11.8. The number of carbonyl (C=O) groups is 2. The predicted octanol–water partition coefficient (Wildman–Crippen LogP) is 1.58. The zero-order chi connectivity index (χ0) is 16.6. The molecule has 22 heavy (non-hydrogen) atoms. The number of benzene rings is 1. The van der Waals surface area contributed by atoms with Gasteiger partial charge >= 0.3 is 0 Å². The van der Waals surface area contributed by atoms with Gasteiger partial charge in [0.2, 0.25) is 5.91 Å². The molecule has 0 radical (unpaired) electrons. The quantitative estimate of drug-likeness (QED) is 0.669. The minimum absolute atomic E-state index is 0.108. The zero-order valence-electron chi connectivity index (χ0n) is 13.3. The monoisotopic (exact) mass is 304 g/mol. The van der Waals surface area contributed by atoms with Crippen LogP contribution in [0.5, 0.6) is 0 Å². The normalized spacial score (nSPS) is 11.5. The fraction of sp³-hybridized carbons (Fsp3) is 0.412. The highest BCUT2D eigenvalue weighted by molar-refractivity contribution is 5.94. The molecule has 0 atom stereocenters. The van der Waals surface area contributed by atoms with E-state index in [0.29, 0.717) is 18.5 Å². The largest absolute Gasteiger partial charge is 0.396 e. The molecule has 0 spiro atoms. The smallest absolute Gasteiger partial charge is 0.251 e. The number of hydrogen-bond acceptors (Lipinski definition) is 3. The standard InChI is InChI=1S/C17H24N2O3/c1-17(2,10-11-20)12-19-15(21)9-6-13-4-7-14(8-5-13)16(22)18-3/h4-9,20H,10-12H2,1-3H3,(H,18,22)(H,19,21)/b9-6+. The van der Waals surface area contributed by atoms with Gasteiger partial charge in [-0.2, -0.15) is 0 Å². The van der Waals surface area contributed by atoms with Gasteiger partial charge in [0.15, 0.2) is 0 Å². The highest BCUT2D eigenvalue weighted by atomic mass is 16.3. The first-order chi connectivity index (χ1) is 10.4. The first-order valence-corrected chi connectivity index (χ1v) is 7.27. The van der Waals surface area contributed by atoms with E-state index >= 15 is 0 Å². The van der Waals surface area contributed by atoms with Crippen molar-refractivity contribution in [1.82, 2.24) is 10.6 Å². The van der Waals surface area contributed by atoms with Crippen molar-refractivity contribution in [2.75, 3.05) is 20.2 Å². The molecule has 0 unspecified atom stereocenters. The summed E-state index contributed by atoms with van der Waals surface area (Å²) in [4.78, 5) is 23.2. The van der Waals surface area contributed by atoms with Crippen LogP contribution in [-0.2, 0) is 4.79 Å². The number of aliphatic hydroxyl groups is 1. The second-order valence-corrected chi connectivity index (χ2v) is 5.89. The molecule has 1 aromatic rings. The molecule has 0 saturated heterocycles. The fourth-order valence-electron chi connectivity index (χ4n) is 1.84. The maximum absolute atomic E-state index is 11.8. The van der Waals surface area contributed by atoms with Gasteiger partial charge in [0.1, 0.15) is 0 Å². The van der Waals surface area contributed by atoms with Crippen LogP contribution in [0.3, 0.4) is 0 Å². The zero-order valence-corrected chi connectivity index (χ0v) is 13.3. The lowest BCUT2D eigenvalue weighted by atomic mass is 9.90. The molecule has 0 bridgehead atoms. The molecule has 0 aliphatic rings. The highest BCUT2D eigenvalue weighted by Crippen LogP contribution is 2.17. The molecule has 3 N–H and O–H groups in total. The molecule has 0 aliphatic heterocycles. The Kier molecular flexibility index (Phi) is 6.79. The minimum atomic E-state index is -0.179. The Hall–Kier alpha value is -2.14. The molecule has 0 aliphatic carbocycles. The van der Waals surface area contributed by atoms with Crippen molar-refractivity contribution in [1.29, 1.82) is 0 Å². The van der Waals surface area contributed by atoms with E-state index in [9.17, 15) is 9.59 Å². The van der Waals surface area contributed by atoms with Gasteiger partial charge in [0.25, 0.3) is 5.91 Å². The third kappa shape index (κ3) is 6.10. The number of amides is 2. The lowest BCUT2D eigenvalue weighted by Gasteiger charge is -2.23. The third-order valence-electron chi connectivity index (χ3n) is 3.36. The van der Waals surface area contributed by atoms with Gasteiger partial charge in [0.05, 0.1) is 0 Å². The summed E-state index contributed by atoms with van der Waals surface area (Å²) in [5, 5.41) is 14.3. The summed E-state index contributed by atoms with van der Waals surface area (Å²) in [5.41, 5.74) is 1.29. The summed E-state index contributed by atoms with van der Waals surface area (Å²) in [5.74, 6) is -0.319. The van der Waals surface area contributed by atoms with Gasteiger partial charge in [0, 0.05) is 31.8 Å². The average molecular weight is 304 g/mol. The van der Waals surface area contributed by atoms with E-state index in [2.05, 4.69) is 10.6 Å². The summed E-state index contributed by atoms with van der Waals surface area (Å²) >= 11 is 0. The van der Waals surface area contributed by atoms with E-state index in [1.54, 1.807) is 37.4 Å². The average Bonchev–Trinajstić information content (AvgIpc) is 2.50. The molecule has 1 rings (SSSR count). The summed E-state index contributed by atoms with van der Waals surface area (Å²) in [6.07, 6.45) is 3.80. The van der Waals surface area contributed by atoms with Crippen LogP contribution >= 0.6 is 0 Å². The Bertz CT molecular complexity index is 533. The van der Waals surface area contributed by atoms with Crippen LogP contribution < -0.4 is 10.6 Å². The minimum Gasteiger partial charge on any atom is -0.396 e. The van der Waals surface area contributed by atoms with E-state index < -0.39 is 0 Å². The Morgan fingerprint density at radius 1 is 1.23 bits per heavy atom. The van der Waals surface area contributed by atoms with E-state index in [1.807, 2.05) is 13.8 Å². The van der Waals surface area contributed by atoms with Crippen LogP contribution in [-0.4, -0.2) is 37.1 Å². The molecule has 120 valence electrons. The fourth-order valence-corrected chi connectivity index (χ4v) is 1.84. The molecule has 0 saturated carbocycles. The van der Waals surface area contributed by atoms with E-state index in [-0.39, 0.29) is 23.8 Å². The summed E-state index contributed by atoms with van der Waals surface area (Å²) in [7, 11) is 1.58. The highest BCUT2D eigenvalue weighted by Gasteiger charge is 2.17. The van der Waals surface area contributed by atoms with Gasteiger partial charge in [-0.05, 0) is 35.6 Å². The Morgan fingerprint density at radius 3 is 2.41 bits per heavy atom. The molecule has 5 nitrogen and oxygen atoms in total. The number of aliphatic hydroxyl groups excluding tert-OH is 1. The lowest BCUT2D eigenvalue weighted by molar-refractivity contribution is -0.116. The Balaban J connectivity index is 2.54. The topological polar surface area (TPSA) is 78.4 Å². The van der Waals surface area contributed by atoms with Crippen molar-refractivity contribution in [2.24, 2.45) is 5.41 Å². The van der Waals surface area contributed by atoms with E-state index in [4.69, 9.17) is 5.11 Å². The SMILES string of the molecule is CNC(=O)c1ccc(/C=C/C(=O)NCC(C)(C)CCO)cc1. The van der Waals surface area contributed by atoms with Crippen molar-refractivity contribution in [3.8, 4) is 0 Å². The van der Waals surface area contributed by atoms with Crippen LogP contribution in [0.2, 0.25) is 0 Å². The van der Waals surface area contributed by atoms with Crippen LogP contribution in [0, 0.1) is 5.41 Å². The van der Waals surface area contributed by atoms with Crippen molar-refractivity contribution in [2.45, 2.75) is 20.3 Å². The number of nitrogens with one attached hydrogen (secondary N) is 2. The Morgan fingerprint density at radius 2 is 1.86 bits per heavy atom. The van der Waals surface area contributed by atoms with E-state index in [1.165, 1.54) is 6.08 Å². The molecule has 0 heterocycles. The third-order valence-corrected chi connectivity index (χ3v) is 3.36. The number of rotatable bonds is 7. The number of hydrogen-bond donors (Lipinski definition) is 3. The molecular formula is C17H24N2O3. The summed E-state index contributed by atoms with van der Waals surface area (Å²) < 4.78 is 0. The van der Waals surface area contributed by atoms with Crippen molar-refractivity contribution >= 4 is 17.9 Å². The van der Waals surface area contributed by atoms with Crippen LogP contribution in [0.1, 0.15) is 36.2 Å². The van der Waals surface area contributed by atoms with Crippen molar-refractivity contribution < 1.29 is 14.7 Å². The van der Waals surface area contributed by atoms with Gasteiger partial charge in [-0.3, -0.25) is 9.59 Å². The van der Waals surface area contributed by atoms with Crippen LogP contribution in [0.25, 0.3) is 6.08 Å². The molecule has 2 amide bonds. The maximum Gasteiger partial charge on any atom is 0.251 e. The van der Waals surface area contributed by atoms with Crippen molar-refractivity contribution in [3.63, 3.8) is 0 Å².